The lowest BCUT2D eigenvalue weighted by Gasteiger charge is -2.28. The fraction of sp³-hybridized carbons (Fsp3) is 0.571. The number of pyridine rings is 1. The number of nitrogens with zero attached hydrogens (tertiary/aromatic N) is 3. The number of hydrogen-bond donors (Lipinski definition) is 2. The summed E-state index contributed by atoms with van der Waals surface area (Å²) < 4.78 is 5.33. The number of carbonyl (C=O) groups is 1. The van der Waals surface area contributed by atoms with Crippen molar-refractivity contribution in [2.24, 2.45) is 0 Å². The van der Waals surface area contributed by atoms with Crippen molar-refractivity contribution in [1.29, 1.82) is 0 Å². The van der Waals surface area contributed by atoms with Crippen LogP contribution in [0.5, 0.6) is 0 Å². The quantitative estimate of drug-likeness (QED) is 0.823. The molecule has 2 saturated heterocycles. The second kappa shape index (κ2) is 6.73. The molecule has 114 valence electrons. The standard InChI is InChI=1S/C14H21N5O2/c20-14(19-5-3-15-4-6-19)17-12-1-2-13(16-11-12)18-7-9-21-10-8-18/h1-2,11,15H,3-10H2,(H,17,20). The van der Waals surface area contributed by atoms with Gasteiger partial charge in [0.05, 0.1) is 25.1 Å². The van der Waals surface area contributed by atoms with Crippen LogP contribution in [-0.4, -0.2) is 68.4 Å². The molecule has 0 unspecified atom stereocenters. The zero-order valence-electron chi connectivity index (χ0n) is 12.0. The Balaban J connectivity index is 1.57. The molecule has 0 atom stereocenters. The van der Waals surface area contributed by atoms with E-state index in [4.69, 9.17) is 4.74 Å². The van der Waals surface area contributed by atoms with Crippen molar-refractivity contribution in [3.8, 4) is 0 Å². The molecule has 21 heavy (non-hydrogen) atoms. The number of anilines is 2. The third-order valence-electron chi connectivity index (χ3n) is 3.74. The SMILES string of the molecule is O=C(Nc1ccc(N2CCOCC2)nc1)N1CCNCC1. The van der Waals surface area contributed by atoms with Gasteiger partial charge in [-0.15, -0.1) is 0 Å². The number of ether oxygens (including phenoxy) is 1. The minimum Gasteiger partial charge on any atom is -0.378 e. The summed E-state index contributed by atoms with van der Waals surface area (Å²) in [5, 5.41) is 6.12. The number of aromatic nitrogens is 1. The van der Waals surface area contributed by atoms with Crippen molar-refractivity contribution < 1.29 is 9.53 Å². The van der Waals surface area contributed by atoms with E-state index in [1.54, 1.807) is 6.20 Å². The molecule has 3 rings (SSSR count). The van der Waals surface area contributed by atoms with Crippen LogP contribution in [0.1, 0.15) is 0 Å². The summed E-state index contributed by atoms with van der Waals surface area (Å²) >= 11 is 0. The summed E-state index contributed by atoms with van der Waals surface area (Å²) in [7, 11) is 0. The number of amides is 2. The highest BCUT2D eigenvalue weighted by atomic mass is 16.5. The van der Waals surface area contributed by atoms with E-state index in [9.17, 15) is 4.79 Å². The maximum Gasteiger partial charge on any atom is 0.321 e. The summed E-state index contributed by atoms with van der Waals surface area (Å²) in [6.07, 6.45) is 1.71. The molecule has 0 spiro atoms. The number of urea groups is 1. The Bertz CT molecular complexity index is 467. The molecule has 0 radical (unpaired) electrons. The predicted octanol–water partition coefficient (Wildman–Crippen LogP) is 0.355. The molecule has 2 fully saturated rings. The Kier molecular flexibility index (Phi) is 4.52. The average molecular weight is 291 g/mol. The van der Waals surface area contributed by atoms with Gasteiger partial charge in [0.2, 0.25) is 0 Å². The molecule has 2 amide bonds. The smallest absolute Gasteiger partial charge is 0.321 e. The van der Waals surface area contributed by atoms with Crippen LogP contribution in [0.2, 0.25) is 0 Å². The third kappa shape index (κ3) is 3.62. The first-order valence-electron chi connectivity index (χ1n) is 7.38. The first-order valence-corrected chi connectivity index (χ1v) is 7.38. The second-order valence-electron chi connectivity index (χ2n) is 5.17. The lowest BCUT2D eigenvalue weighted by Crippen LogP contribution is -2.48. The van der Waals surface area contributed by atoms with Crippen molar-refractivity contribution in [3.63, 3.8) is 0 Å². The van der Waals surface area contributed by atoms with E-state index in [0.29, 0.717) is 0 Å². The van der Waals surface area contributed by atoms with Gasteiger partial charge in [0.25, 0.3) is 0 Å². The average Bonchev–Trinajstić information content (AvgIpc) is 2.57. The first-order chi connectivity index (χ1) is 10.3. The topological polar surface area (TPSA) is 69.7 Å². The predicted molar refractivity (Wildman–Crippen MR) is 80.7 cm³/mol. The number of hydrogen-bond acceptors (Lipinski definition) is 5. The lowest BCUT2D eigenvalue weighted by atomic mass is 10.3. The second-order valence-corrected chi connectivity index (χ2v) is 5.17. The van der Waals surface area contributed by atoms with E-state index in [1.807, 2.05) is 17.0 Å². The van der Waals surface area contributed by atoms with E-state index in [0.717, 1.165) is 64.0 Å². The molecule has 2 N–H and O–H groups in total. The number of morpholine rings is 1. The largest absolute Gasteiger partial charge is 0.378 e. The summed E-state index contributed by atoms with van der Waals surface area (Å²) in [5.41, 5.74) is 0.732. The molecular formula is C14H21N5O2. The van der Waals surface area contributed by atoms with Gasteiger partial charge in [-0.25, -0.2) is 9.78 Å². The third-order valence-corrected chi connectivity index (χ3v) is 3.74. The van der Waals surface area contributed by atoms with Gasteiger partial charge < -0.3 is 25.2 Å². The van der Waals surface area contributed by atoms with E-state index in [-0.39, 0.29) is 6.03 Å². The molecule has 7 nitrogen and oxygen atoms in total. The minimum absolute atomic E-state index is 0.0579. The number of nitrogens with one attached hydrogen (secondary N) is 2. The maximum absolute atomic E-state index is 12.1. The Labute approximate surface area is 124 Å². The van der Waals surface area contributed by atoms with Crippen LogP contribution in [-0.2, 0) is 4.74 Å². The van der Waals surface area contributed by atoms with Crippen LogP contribution in [0.3, 0.4) is 0 Å². The molecule has 7 heteroatoms. The summed E-state index contributed by atoms with van der Waals surface area (Å²) in [4.78, 5) is 20.5. The Morgan fingerprint density at radius 3 is 2.62 bits per heavy atom. The van der Waals surface area contributed by atoms with Crippen LogP contribution in [0, 0.1) is 0 Å². The van der Waals surface area contributed by atoms with Crippen LogP contribution >= 0.6 is 0 Å². The van der Waals surface area contributed by atoms with E-state index in [1.165, 1.54) is 0 Å². The van der Waals surface area contributed by atoms with Crippen molar-refractivity contribution in [3.05, 3.63) is 18.3 Å². The van der Waals surface area contributed by atoms with E-state index >= 15 is 0 Å². The molecular weight excluding hydrogens is 270 g/mol. The molecule has 1 aromatic heterocycles. The summed E-state index contributed by atoms with van der Waals surface area (Å²) in [6, 6.07) is 3.79. The molecule has 2 aliphatic heterocycles. The highest BCUT2D eigenvalue weighted by Gasteiger charge is 2.16. The van der Waals surface area contributed by atoms with Crippen molar-refractivity contribution in [1.82, 2.24) is 15.2 Å². The van der Waals surface area contributed by atoms with Crippen LogP contribution in [0.25, 0.3) is 0 Å². The van der Waals surface area contributed by atoms with Gasteiger partial charge in [-0.05, 0) is 12.1 Å². The normalized spacial score (nSPS) is 19.4. The van der Waals surface area contributed by atoms with E-state index in [2.05, 4.69) is 20.5 Å². The zero-order valence-corrected chi connectivity index (χ0v) is 12.0. The fourth-order valence-corrected chi connectivity index (χ4v) is 2.51. The van der Waals surface area contributed by atoms with Crippen molar-refractivity contribution in [2.75, 3.05) is 62.7 Å². The Morgan fingerprint density at radius 2 is 1.95 bits per heavy atom. The minimum atomic E-state index is -0.0579. The monoisotopic (exact) mass is 291 g/mol. The molecule has 0 bridgehead atoms. The van der Waals surface area contributed by atoms with Crippen LogP contribution in [0.15, 0.2) is 18.3 Å². The van der Waals surface area contributed by atoms with Crippen molar-refractivity contribution >= 4 is 17.5 Å². The van der Waals surface area contributed by atoms with Gasteiger partial charge in [-0.1, -0.05) is 0 Å². The van der Waals surface area contributed by atoms with Crippen LogP contribution < -0.4 is 15.5 Å². The Morgan fingerprint density at radius 1 is 1.19 bits per heavy atom. The molecule has 0 saturated carbocycles. The number of rotatable bonds is 2. The molecule has 0 aromatic carbocycles. The molecule has 3 heterocycles. The van der Waals surface area contributed by atoms with Gasteiger partial charge >= 0.3 is 6.03 Å². The molecule has 1 aromatic rings. The van der Waals surface area contributed by atoms with E-state index < -0.39 is 0 Å². The van der Waals surface area contributed by atoms with Gasteiger partial charge in [-0.2, -0.15) is 0 Å². The molecule has 0 aliphatic carbocycles. The molecule has 2 aliphatic rings. The summed E-state index contributed by atoms with van der Waals surface area (Å²) in [5.74, 6) is 0.929. The highest BCUT2D eigenvalue weighted by Crippen LogP contribution is 2.15. The van der Waals surface area contributed by atoms with Crippen LogP contribution in [0.4, 0.5) is 16.3 Å². The van der Waals surface area contributed by atoms with Gasteiger partial charge in [0.1, 0.15) is 5.82 Å². The maximum atomic E-state index is 12.1. The van der Waals surface area contributed by atoms with Gasteiger partial charge in [-0.3, -0.25) is 0 Å². The lowest BCUT2D eigenvalue weighted by molar-refractivity contribution is 0.122. The van der Waals surface area contributed by atoms with Gasteiger partial charge in [0.15, 0.2) is 0 Å². The fourth-order valence-electron chi connectivity index (χ4n) is 2.51. The number of carbonyl (C=O) groups excluding carboxylic acids is 1. The first kappa shape index (κ1) is 14.1. The van der Waals surface area contributed by atoms with Crippen molar-refractivity contribution in [2.45, 2.75) is 0 Å². The zero-order chi connectivity index (χ0) is 14.5. The Hall–Kier alpha value is -1.86. The van der Waals surface area contributed by atoms with Gasteiger partial charge in [0, 0.05) is 39.3 Å². The summed E-state index contributed by atoms with van der Waals surface area (Å²) in [6.45, 7) is 6.38. The number of piperazine rings is 1. The highest BCUT2D eigenvalue weighted by molar-refractivity contribution is 5.89.